The molecule has 11 heteroatoms. The smallest absolute Gasteiger partial charge is 0.251 e. The van der Waals surface area contributed by atoms with Crippen LogP contribution < -0.4 is 10.1 Å². The SMILES string of the molecule is COCCNC(=O)[C@H](Cn1c(Cc2ccc(-c3cccc(OCc4ccc(C#N)cc4F)n3)cc2)nc2ccc(C(C)=O)cc21)OC. The highest BCUT2D eigenvalue weighted by molar-refractivity contribution is 5.97. The van der Waals surface area contributed by atoms with Gasteiger partial charge in [0.15, 0.2) is 11.9 Å². The van der Waals surface area contributed by atoms with E-state index in [-0.39, 0.29) is 30.4 Å². The first-order chi connectivity index (χ1) is 22.8. The zero-order valence-electron chi connectivity index (χ0n) is 26.3. The van der Waals surface area contributed by atoms with Crippen molar-refractivity contribution in [3.63, 3.8) is 0 Å². The Morgan fingerprint density at radius 1 is 1.02 bits per heavy atom. The maximum atomic E-state index is 14.3. The van der Waals surface area contributed by atoms with E-state index in [1.54, 1.807) is 31.4 Å². The van der Waals surface area contributed by atoms with Crippen molar-refractivity contribution in [2.75, 3.05) is 27.4 Å². The number of hydrogen-bond donors (Lipinski definition) is 1. The molecule has 1 atom stereocenters. The third-order valence-corrected chi connectivity index (χ3v) is 7.66. The Bertz CT molecular complexity index is 1930. The van der Waals surface area contributed by atoms with Gasteiger partial charge in [-0.25, -0.2) is 14.4 Å². The van der Waals surface area contributed by atoms with E-state index in [2.05, 4.69) is 10.3 Å². The number of pyridine rings is 1. The standard InChI is InChI=1S/C36H34FN5O5/c1-23(43)27-13-14-31-32(19-27)42(21-33(46-3)36(44)39-15-16-45-2)34(40-31)18-24-7-10-26(11-8-24)30-5-4-6-35(41-30)47-22-28-12-9-25(20-38)17-29(28)37/h4-14,17,19,33H,15-16,18,21-22H2,1-3H3,(H,39,44)/t33-/m0/s1. The molecule has 0 radical (unpaired) electrons. The van der Waals surface area contributed by atoms with E-state index in [1.807, 2.05) is 53.1 Å². The normalized spacial score (nSPS) is 11.6. The lowest BCUT2D eigenvalue weighted by atomic mass is 10.1. The predicted molar refractivity (Wildman–Crippen MR) is 173 cm³/mol. The van der Waals surface area contributed by atoms with Gasteiger partial charge in [0.25, 0.3) is 5.91 Å². The van der Waals surface area contributed by atoms with Crippen LogP contribution in [0.1, 0.15) is 39.8 Å². The average molecular weight is 636 g/mol. The van der Waals surface area contributed by atoms with Crippen LogP contribution in [-0.4, -0.2) is 59.7 Å². The first kappa shape index (κ1) is 32.9. The number of methoxy groups -OCH3 is 2. The minimum Gasteiger partial charge on any atom is -0.473 e. The Kier molecular flexibility index (Phi) is 10.7. The van der Waals surface area contributed by atoms with E-state index in [1.165, 1.54) is 26.2 Å². The van der Waals surface area contributed by atoms with Gasteiger partial charge in [-0.05, 0) is 48.9 Å². The molecule has 1 N–H and O–H groups in total. The van der Waals surface area contributed by atoms with Gasteiger partial charge in [-0.15, -0.1) is 0 Å². The summed E-state index contributed by atoms with van der Waals surface area (Å²) in [5.74, 6) is 0.204. The summed E-state index contributed by atoms with van der Waals surface area (Å²) in [6, 6.07) is 24.8. The summed E-state index contributed by atoms with van der Waals surface area (Å²) in [5.41, 5.74) is 5.07. The number of Topliss-reactive ketones (excluding diaryl/α,β-unsaturated/α-hetero) is 1. The van der Waals surface area contributed by atoms with Crippen molar-refractivity contribution < 1.29 is 28.2 Å². The average Bonchev–Trinajstić information content (AvgIpc) is 3.42. The fourth-order valence-corrected chi connectivity index (χ4v) is 5.07. The number of ketones is 1. The number of nitrogens with zero attached hydrogens (tertiary/aromatic N) is 4. The Hall–Kier alpha value is -5.44. The number of benzene rings is 3. The quantitative estimate of drug-likeness (QED) is 0.129. The van der Waals surface area contributed by atoms with Gasteiger partial charge in [0.1, 0.15) is 18.2 Å². The van der Waals surface area contributed by atoms with Gasteiger partial charge in [0.2, 0.25) is 5.88 Å². The number of nitriles is 1. The first-order valence-electron chi connectivity index (χ1n) is 15.0. The Morgan fingerprint density at radius 3 is 2.53 bits per heavy atom. The minimum atomic E-state index is -0.791. The molecule has 0 saturated carbocycles. The number of carbonyl (C=O) groups excluding carboxylic acids is 2. The topological polar surface area (TPSA) is 128 Å². The van der Waals surface area contributed by atoms with E-state index < -0.39 is 11.9 Å². The molecule has 0 fully saturated rings. The number of halogens is 1. The second-order valence-corrected chi connectivity index (χ2v) is 10.8. The molecule has 3 aromatic carbocycles. The maximum absolute atomic E-state index is 14.3. The molecule has 1 amide bonds. The molecule has 0 unspecified atom stereocenters. The summed E-state index contributed by atoms with van der Waals surface area (Å²) in [7, 11) is 3.05. The number of hydrogen-bond acceptors (Lipinski definition) is 8. The molecule has 0 aliphatic heterocycles. The van der Waals surface area contributed by atoms with Crippen LogP contribution in [0.25, 0.3) is 22.3 Å². The number of rotatable bonds is 14. The molecule has 0 spiro atoms. The van der Waals surface area contributed by atoms with Gasteiger partial charge < -0.3 is 24.1 Å². The lowest BCUT2D eigenvalue weighted by molar-refractivity contribution is -0.131. The molecule has 2 heterocycles. The molecular weight excluding hydrogens is 601 g/mol. The zero-order chi connectivity index (χ0) is 33.3. The predicted octanol–water partition coefficient (Wildman–Crippen LogP) is 5.26. The second-order valence-electron chi connectivity index (χ2n) is 10.8. The lowest BCUT2D eigenvalue weighted by Gasteiger charge is -2.18. The Labute approximate surface area is 271 Å². The summed E-state index contributed by atoms with van der Waals surface area (Å²) in [5, 5.41) is 11.8. The molecule has 10 nitrogen and oxygen atoms in total. The van der Waals surface area contributed by atoms with Crippen molar-refractivity contribution in [1.29, 1.82) is 5.26 Å². The summed E-state index contributed by atoms with van der Waals surface area (Å²) >= 11 is 0. The maximum Gasteiger partial charge on any atom is 0.251 e. The zero-order valence-corrected chi connectivity index (χ0v) is 26.3. The molecule has 5 aromatic rings. The van der Waals surface area contributed by atoms with Crippen LogP contribution in [-0.2, 0) is 33.8 Å². The van der Waals surface area contributed by atoms with Crippen LogP contribution in [0, 0.1) is 17.1 Å². The highest BCUT2D eigenvalue weighted by atomic mass is 19.1. The van der Waals surface area contributed by atoms with Gasteiger partial charge in [0, 0.05) is 49.9 Å². The molecule has 0 saturated heterocycles. The van der Waals surface area contributed by atoms with Crippen molar-refractivity contribution in [2.45, 2.75) is 32.6 Å². The van der Waals surface area contributed by atoms with Crippen LogP contribution in [0.5, 0.6) is 5.88 Å². The molecular formula is C36H34FN5O5. The fourth-order valence-electron chi connectivity index (χ4n) is 5.07. The molecule has 5 rings (SSSR count). The number of carbonyl (C=O) groups is 2. The first-order valence-corrected chi connectivity index (χ1v) is 15.0. The largest absolute Gasteiger partial charge is 0.473 e. The van der Waals surface area contributed by atoms with E-state index in [9.17, 15) is 14.0 Å². The number of aromatic nitrogens is 3. The highest BCUT2D eigenvalue weighted by Gasteiger charge is 2.22. The summed E-state index contributed by atoms with van der Waals surface area (Å²) in [6.07, 6.45) is -0.334. The third kappa shape index (κ3) is 8.05. The number of fused-ring (bicyclic) bond motifs is 1. The van der Waals surface area contributed by atoms with Crippen LogP contribution in [0.15, 0.2) is 78.9 Å². The van der Waals surface area contributed by atoms with E-state index in [4.69, 9.17) is 24.5 Å². The van der Waals surface area contributed by atoms with Crippen molar-refractivity contribution in [3.8, 4) is 23.2 Å². The summed E-state index contributed by atoms with van der Waals surface area (Å²) in [4.78, 5) is 34.5. The Morgan fingerprint density at radius 2 is 1.83 bits per heavy atom. The lowest BCUT2D eigenvalue weighted by Crippen LogP contribution is -2.40. The number of ether oxygens (including phenoxy) is 3. The molecule has 0 aliphatic rings. The molecule has 0 bridgehead atoms. The van der Waals surface area contributed by atoms with Crippen molar-refractivity contribution >= 4 is 22.7 Å². The minimum absolute atomic E-state index is 0.0272. The van der Waals surface area contributed by atoms with Crippen LogP contribution in [0.2, 0.25) is 0 Å². The van der Waals surface area contributed by atoms with Crippen molar-refractivity contribution in [3.05, 3.63) is 113 Å². The van der Waals surface area contributed by atoms with E-state index in [0.717, 1.165) is 16.6 Å². The number of nitrogens with one attached hydrogen (secondary N) is 1. The van der Waals surface area contributed by atoms with E-state index in [0.29, 0.717) is 53.6 Å². The van der Waals surface area contributed by atoms with Gasteiger partial charge in [-0.3, -0.25) is 9.59 Å². The van der Waals surface area contributed by atoms with Gasteiger partial charge >= 0.3 is 0 Å². The van der Waals surface area contributed by atoms with Crippen LogP contribution >= 0.6 is 0 Å². The van der Waals surface area contributed by atoms with Crippen LogP contribution in [0.3, 0.4) is 0 Å². The molecule has 240 valence electrons. The van der Waals surface area contributed by atoms with Gasteiger partial charge in [-0.1, -0.05) is 36.4 Å². The number of imidazole rings is 1. The van der Waals surface area contributed by atoms with E-state index >= 15 is 0 Å². The summed E-state index contributed by atoms with van der Waals surface area (Å²) in [6.45, 7) is 2.42. The van der Waals surface area contributed by atoms with Gasteiger partial charge in [0.05, 0.1) is 41.5 Å². The molecule has 47 heavy (non-hydrogen) atoms. The molecule has 0 aliphatic carbocycles. The monoisotopic (exact) mass is 635 g/mol. The van der Waals surface area contributed by atoms with Gasteiger partial charge in [-0.2, -0.15) is 5.26 Å². The summed E-state index contributed by atoms with van der Waals surface area (Å²) < 4.78 is 32.6. The van der Waals surface area contributed by atoms with Crippen molar-refractivity contribution in [1.82, 2.24) is 19.9 Å². The molecule has 2 aromatic heterocycles. The van der Waals surface area contributed by atoms with Crippen molar-refractivity contribution in [2.24, 2.45) is 0 Å². The Balaban J connectivity index is 1.35. The second kappa shape index (κ2) is 15.2. The highest BCUT2D eigenvalue weighted by Crippen LogP contribution is 2.25. The third-order valence-electron chi connectivity index (χ3n) is 7.66. The fraction of sp³-hybridized carbons (Fsp3) is 0.250. The van der Waals surface area contributed by atoms with Crippen LogP contribution in [0.4, 0.5) is 4.39 Å². The number of amides is 1.